The molecule has 0 spiro atoms. The molecule has 21 heavy (non-hydrogen) atoms. The van der Waals surface area contributed by atoms with Crippen LogP contribution in [0, 0.1) is 5.41 Å². The number of nitrogens with zero attached hydrogens (tertiary/aromatic N) is 2. The second-order valence-electron chi connectivity index (χ2n) is 6.35. The molecule has 0 aromatic rings. The lowest BCUT2D eigenvalue weighted by molar-refractivity contribution is -0.158. The third-order valence-electron chi connectivity index (χ3n) is 4.50. The largest absolute Gasteiger partial charge is 0.465 e. The standard InChI is InChI=1S/C16H30N2O3/c1-6-18-10-8-13(9-11-18)17(5)12-14(19)16(3,4)15(20)21-7-2/h13H,6-12H2,1-5H3. The molecule has 5 heteroatoms. The number of hydrogen-bond acceptors (Lipinski definition) is 5. The van der Waals surface area contributed by atoms with Gasteiger partial charge in [-0.05, 0) is 60.3 Å². The van der Waals surface area contributed by atoms with E-state index in [0.717, 1.165) is 32.5 Å². The summed E-state index contributed by atoms with van der Waals surface area (Å²) in [4.78, 5) is 28.8. The van der Waals surface area contributed by atoms with E-state index in [2.05, 4.69) is 16.7 Å². The van der Waals surface area contributed by atoms with Crippen LogP contribution in [-0.2, 0) is 14.3 Å². The molecule has 0 unspecified atom stereocenters. The van der Waals surface area contributed by atoms with Crippen molar-refractivity contribution in [3.63, 3.8) is 0 Å². The average Bonchev–Trinajstić information content (AvgIpc) is 2.47. The molecule has 0 amide bonds. The van der Waals surface area contributed by atoms with Crippen LogP contribution in [0.1, 0.15) is 40.5 Å². The van der Waals surface area contributed by atoms with Crippen LogP contribution in [-0.4, -0.2) is 67.4 Å². The monoisotopic (exact) mass is 298 g/mol. The molecule has 1 fully saturated rings. The zero-order chi connectivity index (χ0) is 16.0. The number of ketones is 1. The number of piperidine rings is 1. The van der Waals surface area contributed by atoms with Gasteiger partial charge in [0.15, 0.2) is 5.78 Å². The summed E-state index contributed by atoms with van der Waals surface area (Å²) in [7, 11) is 1.98. The Morgan fingerprint density at radius 2 is 1.81 bits per heavy atom. The molecule has 1 aliphatic rings. The van der Waals surface area contributed by atoms with Crippen LogP contribution in [0.25, 0.3) is 0 Å². The van der Waals surface area contributed by atoms with Gasteiger partial charge < -0.3 is 9.64 Å². The van der Waals surface area contributed by atoms with Gasteiger partial charge in [-0.1, -0.05) is 6.92 Å². The number of likely N-dealkylation sites (N-methyl/N-ethyl adjacent to an activating group) is 1. The SMILES string of the molecule is CCOC(=O)C(C)(C)C(=O)CN(C)C1CCN(CC)CC1. The first-order valence-corrected chi connectivity index (χ1v) is 7.96. The first-order chi connectivity index (χ1) is 9.82. The van der Waals surface area contributed by atoms with Crippen molar-refractivity contribution < 1.29 is 14.3 Å². The van der Waals surface area contributed by atoms with Crippen molar-refractivity contribution >= 4 is 11.8 Å². The van der Waals surface area contributed by atoms with E-state index in [1.165, 1.54) is 0 Å². The van der Waals surface area contributed by atoms with Crippen molar-refractivity contribution in [2.45, 2.75) is 46.6 Å². The van der Waals surface area contributed by atoms with Crippen LogP contribution in [0.4, 0.5) is 0 Å². The Morgan fingerprint density at radius 3 is 2.29 bits per heavy atom. The van der Waals surface area contributed by atoms with Gasteiger partial charge in [0.1, 0.15) is 5.41 Å². The summed E-state index contributed by atoms with van der Waals surface area (Å²) < 4.78 is 5.00. The topological polar surface area (TPSA) is 49.9 Å². The second kappa shape index (κ2) is 7.90. The average molecular weight is 298 g/mol. The highest BCUT2D eigenvalue weighted by atomic mass is 16.5. The molecule has 0 aromatic carbocycles. The quantitative estimate of drug-likeness (QED) is 0.527. The number of rotatable bonds is 7. The number of Topliss-reactive ketones (excluding diaryl/α,β-unsaturated/α-hetero) is 1. The fourth-order valence-electron chi connectivity index (χ4n) is 2.65. The van der Waals surface area contributed by atoms with Crippen LogP contribution in [0.3, 0.4) is 0 Å². The highest BCUT2D eigenvalue weighted by Gasteiger charge is 2.38. The van der Waals surface area contributed by atoms with Crippen LogP contribution < -0.4 is 0 Å². The zero-order valence-corrected chi connectivity index (χ0v) is 14.1. The van der Waals surface area contributed by atoms with Crippen LogP contribution in [0.5, 0.6) is 0 Å². The molecular formula is C16H30N2O3. The van der Waals surface area contributed by atoms with Crippen molar-refractivity contribution in [3.8, 4) is 0 Å². The van der Waals surface area contributed by atoms with E-state index < -0.39 is 11.4 Å². The van der Waals surface area contributed by atoms with Gasteiger partial charge in [-0.15, -0.1) is 0 Å². The minimum atomic E-state index is -1.06. The number of likely N-dealkylation sites (tertiary alicyclic amines) is 1. The maximum atomic E-state index is 12.4. The lowest BCUT2D eigenvalue weighted by Crippen LogP contribution is -2.47. The van der Waals surface area contributed by atoms with Crippen LogP contribution in [0.15, 0.2) is 0 Å². The minimum Gasteiger partial charge on any atom is -0.465 e. The molecular weight excluding hydrogens is 268 g/mol. The third kappa shape index (κ3) is 4.78. The number of hydrogen-bond donors (Lipinski definition) is 0. The highest BCUT2D eigenvalue weighted by Crippen LogP contribution is 2.21. The fourth-order valence-corrected chi connectivity index (χ4v) is 2.65. The maximum Gasteiger partial charge on any atom is 0.319 e. The molecule has 0 aromatic heterocycles. The first kappa shape index (κ1) is 18.1. The molecule has 1 heterocycles. The summed E-state index contributed by atoms with van der Waals surface area (Å²) in [6.07, 6.45) is 2.16. The predicted octanol–water partition coefficient (Wildman–Crippen LogP) is 1.56. The van der Waals surface area contributed by atoms with Crippen LogP contribution >= 0.6 is 0 Å². The Kier molecular flexibility index (Phi) is 6.81. The number of esters is 1. The van der Waals surface area contributed by atoms with Crippen molar-refractivity contribution in [2.75, 3.05) is 39.8 Å². The van der Waals surface area contributed by atoms with Crippen molar-refractivity contribution in [2.24, 2.45) is 5.41 Å². The highest BCUT2D eigenvalue weighted by molar-refractivity contribution is 6.03. The smallest absolute Gasteiger partial charge is 0.319 e. The third-order valence-corrected chi connectivity index (χ3v) is 4.50. The maximum absolute atomic E-state index is 12.4. The number of carbonyl (C=O) groups excluding carboxylic acids is 2. The van der Waals surface area contributed by atoms with E-state index in [0.29, 0.717) is 19.2 Å². The Bertz CT molecular complexity index is 361. The molecule has 0 radical (unpaired) electrons. The van der Waals surface area contributed by atoms with Gasteiger partial charge in [0.05, 0.1) is 13.2 Å². The molecule has 0 saturated carbocycles. The molecule has 1 aliphatic heterocycles. The molecule has 0 aliphatic carbocycles. The Hall–Kier alpha value is -0.940. The lowest BCUT2D eigenvalue weighted by Gasteiger charge is -2.36. The fraction of sp³-hybridized carbons (Fsp3) is 0.875. The van der Waals surface area contributed by atoms with Gasteiger partial charge in [-0.2, -0.15) is 0 Å². The zero-order valence-electron chi connectivity index (χ0n) is 14.1. The molecule has 5 nitrogen and oxygen atoms in total. The second-order valence-corrected chi connectivity index (χ2v) is 6.35. The number of ether oxygens (including phenoxy) is 1. The van der Waals surface area contributed by atoms with E-state index in [1.54, 1.807) is 20.8 Å². The molecule has 0 atom stereocenters. The van der Waals surface area contributed by atoms with Gasteiger partial charge in [0.2, 0.25) is 0 Å². The van der Waals surface area contributed by atoms with E-state index in [4.69, 9.17) is 4.74 Å². The van der Waals surface area contributed by atoms with Gasteiger partial charge in [0.25, 0.3) is 0 Å². The first-order valence-electron chi connectivity index (χ1n) is 7.96. The Balaban J connectivity index is 2.52. The van der Waals surface area contributed by atoms with E-state index in [1.807, 2.05) is 7.05 Å². The summed E-state index contributed by atoms with van der Waals surface area (Å²) in [6.45, 7) is 11.1. The van der Waals surface area contributed by atoms with Gasteiger partial charge in [0, 0.05) is 6.04 Å². The predicted molar refractivity (Wildman–Crippen MR) is 83.2 cm³/mol. The molecule has 122 valence electrons. The summed E-state index contributed by atoms with van der Waals surface area (Å²) in [5.74, 6) is -0.495. The molecule has 1 rings (SSSR count). The van der Waals surface area contributed by atoms with Crippen molar-refractivity contribution in [1.29, 1.82) is 0 Å². The van der Waals surface area contributed by atoms with Crippen molar-refractivity contribution in [1.82, 2.24) is 9.80 Å². The molecule has 1 saturated heterocycles. The summed E-state index contributed by atoms with van der Waals surface area (Å²) in [6, 6.07) is 0.426. The molecule has 0 bridgehead atoms. The van der Waals surface area contributed by atoms with Crippen molar-refractivity contribution in [3.05, 3.63) is 0 Å². The molecule has 0 N–H and O–H groups in total. The normalized spacial score (nSPS) is 18.0. The minimum absolute atomic E-state index is 0.0682. The van der Waals surface area contributed by atoms with Gasteiger partial charge in [-0.25, -0.2) is 0 Å². The summed E-state index contributed by atoms with van der Waals surface area (Å²) >= 11 is 0. The Labute approximate surface area is 128 Å². The van der Waals surface area contributed by atoms with Crippen LogP contribution in [0.2, 0.25) is 0 Å². The number of carbonyl (C=O) groups is 2. The van der Waals surface area contributed by atoms with E-state index in [-0.39, 0.29) is 5.78 Å². The van der Waals surface area contributed by atoms with Gasteiger partial charge >= 0.3 is 5.97 Å². The van der Waals surface area contributed by atoms with E-state index >= 15 is 0 Å². The van der Waals surface area contributed by atoms with E-state index in [9.17, 15) is 9.59 Å². The Morgan fingerprint density at radius 1 is 1.24 bits per heavy atom. The van der Waals surface area contributed by atoms with Gasteiger partial charge in [-0.3, -0.25) is 14.5 Å². The summed E-state index contributed by atoms with van der Waals surface area (Å²) in [5, 5.41) is 0. The lowest BCUT2D eigenvalue weighted by atomic mass is 9.87. The summed E-state index contributed by atoms with van der Waals surface area (Å²) in [5.41, 5.74) is -1.06.